The first-order chi connectivity index (χ1) is 54.5. The Morgan fingerprint density at radius 1 is 0.434 bits per heavy atom. The fourth-order valence-electron chi connectivity index (χ4n) is 13.6. The van der Waals surface area contributed by atoms with Crippen LogP contribution in [0, 0.1) is 55.4 Å². The number of nitrogens with zero attached hydrogens (tertiary/aromatic N) is 9. The summed E-state index contributed by atoms with van der Waals surface area (Å²) in [5.41, 5.74) is 21.9. The number of hydrogen-bond donors (Lipinski definition) is 4. The molecule has 0 aliphatic heterocycles. The molecule has 0 saturated heterocycles. The number of amides is 2. The molecular formula is C87H75Cl2N13O10S. The third-order valence-corrected chi connectivity index (χ3v) is 19.8. The predicted molar refractivity (Wildman–Crippen MR) is 446 cm³/mol. The summed E-state index contributed by atoms with van der Waals surface area (Å²) in [7, 11) is 3.00. The average molecular weight is 1570 g/mol. The van der Waals surface area contributed by atoms with E-state index in [2.05, 4.69) is 64.8 Å². The summed E-state index contributed by atoms with van der Waals surface area (Å²) in [6.45, 7) is 10.9. The number of hydrogen-bond acceptors (Lipinski definition) is 15. The van der Waals surface area contributed by atoms with Crippen LogP contribution in [-0.4, -0.2) is 78.1 Å². The van der Waals surface area contributed by atoms with Crippen LogP contribution in [0.15, 0.2) is 212 Å². The van der Waals surface area contributed by atoms with Gasteiger partial charge in [0.05, 0.1) is 95.7 Å². The van der Waals surface area contributed by atoms with Crippen LogP contribution in [0.25, 0.3) is 88.6 Å². The molecule has 4 aromatic heterocycles. The fraction of sp³-hybridized carbons (Fsp3) is 0.149. The van der Waals surface area contributed by atoms with Crippen LogP contribution in [-0.2, 0) is 36.2 Å². The van der Waals surface area contributed by atoms with Crippen LogP contribution in [0.5, 0.6) is 23.0 Å². The van der Waals surface area contributed by atoms with Gasteiger partial charge in [0, 0.05) is 133 Å². The molecule has 0 aliphatic carbocycles. The molecule has 5 N–H and O–H groups in total. The van der Waals surface area contributed by atoms with E-state index in [1.807, 2.05) is 130 Å². The van der Waals surface area contributed by atoms with Gasteiger partial charge >= 0.3 is 0 Å². The third kappa shape index (κ3) is 17.1. The molecule has 568 valence electrons. The van der Waals surface area contributed by atoms with Crippen molar-refractivity contribution in [2.75, 3.05) is 55.8 Å². The van der Waals surface area contributed by atoms with Gasteiger partial charge in [0.1, 0.15) is 35.8 Å². The van der Waals surface area contributed by atoms with Crippen molar-refractivity contribution in [1.82, 2.24) is 18.3 Å². The van der Waals surface area contributed by atoms with Gasteiger partial charge in [0.15, 0.2) is 11.5 Å². The van der Waals surface area contributed by atoms with E-state index in [9.17, 15) is 49.2 Å². The average Bonchev–Trinajstić information content (AvgIpc) is 1.64. The van der Waals surface area contributed by atoms with Crippen molar-refractivity contribution in [3.05, 3.63) is 266 Å². The normalized spacial score (nSPS) is 10.8. The Kier molecular flexibility index (Phi) is 24.9. The Bertz CT molecular complexity index is 6270. The van der Waals surface area contributed by atoms with Gasteiger partial charge in [-0.25, -0.2) is 8.42 Å². The topological polar surface area (TPSA) is 325 Å². The molecule has 0 spiro atoms. The summed E-state index contributed by atoms with van der Waals surface area (Å²) in [6.07, 6.45) is 1.10. The quantitative estimate of drug-likeness (QED) is 0.0332. The number of nitro groups is 1. The molecule has 23 nitrogen and oxygen atoms in total. The minimum Gasteiger partial charge on any atom is -0.497 e. The molecule has 0 aliphatic rings. The molecule has 0 atom stereocenters. The van der Waals surface area contributed by atoms with Crippen LogP contribution in [0.1, 0.15) is 70.7 Å². The number of nitrogen functional groups attached to an aromatic ring is 1. The van der Waals surface area contributed by atoms with Gasteiger partial charge in [-0.15, -0.1) is 0 Å². The Balaban J connectivity index is 0.000000151. The van der Waals surface area contributed by atoms with Gasteiger partial charge < -0.3 is 53.6 Å². The number of nitrogens with two attached hydrogens (primary N) is 1. The molecule has 0 unspecified atom stereocenters. The highest BCUT2D eigenvalue weighted by molar-refractivity contribution is 7.92. The van der Waals surface area contributed by atoms with Gasteiger partial charge in [0.25, 0.3) is 17.5 Å². The van der Waals surface area contributed by atoms with Crippen molar-refractivity contribution in [1.29, 1.82) is 21.0 Å². The van der Waals surface area contributed by atoms with Crippen LogP contribution in [0.4, 0.5) is 28.4 Å². The highest BCUT2D eigenvalue weighted by Crippen LogP contribution is 2.41. The van der Waals surface area contributed by atoms with Crippen LogP contribution in [0.2, 0.25) is 10.0 Å². The lowest BCUT2D eigenvalue weighted by atomic mass is 10.0. The maximum absolute atomic E-state index is 12.8. The summed E-state index contributed by atoms with van der Waals surface area (Å²) in [5, 5.41) is 60.1. The van der Waals surface area contributed by atoms with Crippen molar-refractivity contribution < 1.29 is 41.9 Å². The Labute approximate surface area is 662 Å². The number of benzene rings is 10. The van der Waals surface area contributed by atoms with Gasteiger partial charge in [0.2, 0.25) is 10.0 Å². The van der Waals surface area contributed by atoms with Gasteiger partial charge in [-0.1, -0.05) is 71.7 Å². The zero-order valence-corrected chi connectivity index (χ0v) is 65.2. The number of sulfonamides is 1. The summed E-state index contributed by atoms with van der Waals surface area (Å²) < 4.78 is 54.7. The lowest BCUT2D eigenvalue weighted by Gasteiger charge is -2.12. The summed E-state index contributed by atoms with van der Waals surface area (Å²) in [4.78, 5) is 35.7. The number of rotatable bonds is 19. The molecule has 2 amide bonds. The maximum atomic E-state index is 12.8. The van der Waals surface area contributed by atoms with E-state index in [1.165, 1.54) is 24.3 Å². The smallest absolute Gasteiger partial charge is 0.269 e. The second-order valence-electron chi connectivity index (χ2n) is 25.4. The summed E-state index contributed by atoms with van der Waals surface area (Å²) >= 11 is 12.2. The highest BCUT2D eigenvalue weighted by Gasteiger charge is 2.24. The number of aryl methyl sites for hydroxylation is 4. The zero-order valence-electron chi connectivity index (χ0n) is 62.9. The van der Waals surface area contributed by atoms with Crippen LogP contribution in [0.3, 0.4) is 0 Å². The van der Waals surface area contributed by atoms with Crippen LogP contribution < -0.4 is 40.0 Å². The molecular weight excluding hydrogens is 1490 g/mol. The summed E-state index contributed by atoms with van der Waals surface area (Å²) in [6, 6.07) is 71.4. The second kappa shape index (κ2) is 35.1. The van der Waals surface area contributed by atoms with Crippen LogP contribution >= 0.6 is 23.2 Å². The number of fused-ring (bicyclic) bond motifs is 4. The number of nitro benzene ring substituents is 1. The molecule has 26 heteroatoms. The van der Waals surface area contributed by atoms with Crippen molar-refractivity contribution in [3.8, 4) is 92.3 Å². The monoisotopic (exact) mass is 1560 g/mol. The van der Waals surface area contributed by atoms with Gasteiger partial charge in [-0.2, -0.15) is 21.0 Å². The number of nitriles is 4. The number of methoxy groups -OCH3 is 4. The van der Waals surface area contributed by atoms with E-state index < -0.39 is 14.9 Å². The first kappa shape index (κ1) is 80.0. The first-order valence-electron chi connectivity index (χ1n) is 35.4. The number of aromatic nitrogens is 4. The third-order valence-electron chi connectivity index (χ3n) is 18.8. The van der Waals surface area contributed by atoms with Gasteiger partial charge in [-0.05, 0) is 183 Å². The molecule has 0 fully saturated rings. The largest absolute Gasteiger partial charge is 0.497 e. The number of ether oxygens (including phenoxy) is 4. The number of non-ortho nitro benzene ring substituents is 1. The van der Waals surface area contributed by atoms with E-state index in [4.69, 9.17) is 47.9 Å². The number of carbonyl (C=O) groups is 2. The zero-order chi connectivity index (χ0) is 80.9. The number of carbonyl (C=O) groups excluding carboxylic acids is 2. The maximum Gasteiger partial charge on any atom is 0.269 e. The lowest BCUT2D eigenvalue weighted by molar-refractivity contribution is -0.384. The predicted octanol–water partition coefficient (Wildman–Crippen LogP) is 19.5. The molecule has 0 bridgehead atoms. The molecule has 14 aromatic rings. The molecule has 4 heterocycles. The molecule has 0 radical (unpaired) electrons. The Hall–Kier alpha value is -14.0. The highest BCUT2D eigenvalue weighted by atomic mass is 35.5. The fourth-order valence-corrected chi connectivity index (χ4v) is 14.5. The SMILES string of the molecule is CCn1c(-c2ccc(C(=O)Nc3ccc(OC)c(OC)c3)cc2)c(C#N)c2ccc(OC)cc21.CCn1c(-c2ccc(C(=O)Nc3ccc([N+](=O)[O-])cc3)cc2)c(C#N)c2ccc(OC)cc21.CCn1c(-c2ccc(N)cc2)c(C#N)c2cc(Cl)ccc21.CCn1c(-c2ccc(NS(C)(=O)=O)cc2)c(C#N)c2cc(Cl)ccc21. The number of halogens is 2. The lowest BCUT2D eigenvalue weighted by Crippen LogP contribution is -2.12. The molecule has 10 aromatic carbocycles. The Morgan fingerprint density at radius 2 is 0.788 bits per heavy atom. The van der Waals surface area contributed by atoms with Crippen molar-refractivity contribution >= 4 is 117 Å². The van der Waals surface area contributed by atoms with E-state index in [-0.39, 0.29) is 17.5 Å². The molecule has 14 rings (SSSR count). The van der Waals surface area contributed by atoms with Crippen molar-refractivity contribution in [3.63, 3.8) is 0 Å². The number of nitrogens with one attached hydrogen (secondary N) is 3. The van der Waals surface area contributed by atoms with E-state index in [0.29, 0.717) is 103 Å². The first-order valence-corrected chi connectivity index (χ1v) is 38.0. The van der Waals surface area contributed by atoms with Crippen molar-refractivity contribution in [2.24, 2.45) is 0 Å². The van der Waals surface area contributed by atoms with E-state index in [1.54, 1.807) is 107 Å². The number of anilines is 4. The molecule has 113 heavy (non-hydrogen) atoms. The van der Waals surface area contributed by atoms with E-state index >= 15 is 0 Å². The van der Waals surface area contributed by atoms with E-state index in [0.717, 1.165) is 107 Å². The minimum atomic E-state index is -3.33. The standard InChI is InChI=1S/C27H25N3O4.C25H20N4O4.C18H16ClN3O2S.C17H14ClN3/c1-5-30-23-15-20(32-2)11-12-21(23)22(16-28)26(30)17-6-8-18(9-7-17)27(31)29-19-10-13-24(33-3)25(14-19)34-4;1-3-28-23-14-20(33-2)12-13-21(23)22(15-26)24(28)16-4-6-17(7-5-16)25(30)27-18-8-10-19(11-9-18)29(31)32;1-3-22-17-9-6-13(19)10-15(17)16(11-20)18(22)12-4-7-14(8-5-12)21-25(2,23)24;1-2-21-16-8-5-12(18)9-14(16)15(10-19)17(21)11-3-6-13(20)7-4-11/h6-15H,5H2,1-4H3,(H,29,31);4-14H,3H2,1-2H3,(H,27,30);4-10,21H,3H2,1-2H3;3-9H,2,20H2,1H3. The van der Waals surface area contributed by atoms with Crippen molar-refractivity contribution in [2.45, 2.75) is 53.9 Å². The Morgan fingerprint density at radius 3 is 1.15 bits per heavy atom. The van der Waals surface area contributed by atoms with Gasteiger partial charge in [-0.3, -0.25) is 24.4 Å². The minimum absolute atomic E-state index is 0.0467. The molecule has 0 saturated carbocycles. The second-order valence-corrected chi connectivity index (χ2v) is 28.0. The summed E-state index contributed by atoms with van der Waals surface area (Å²) in [5.74, 6) is 1.98.